The number of carbonyl (C=O) groups is 1. The van der Waals surface area contributed by atoms with E-state index in [0.717, 1.165) is 0 Å². The zero-order valence-corrected chi connectivity index (χ0v) is 15.5. The summed E-state index contributed by atoms with van der Waals surface area (Å²) in [5.41, 5.74) is 2.22. The minimum Gasteiger partial charge on any atom is -0.454 e. The predicted molar refractivity (Wildman–Crippen MR) is 106 cm³/mol. The van der Waals surface area contributed by atoms with Gasteiger partial charge in [0, 0.05) is 28.4 Å². The van der Waals surface area contributed by atoms with E-state index in [-0.39, 0.29) is 30.2 Å². The molecule has 0 saturated heterocycles. The van der Waals surface area contributed by atoms with E-state index in [1.54, 1.807) is 54.6 Å². The van der Waals surface area contributed by atoms with Gasteiger partial charge in [-0.1, -0.05) is 17.3 Å². The number of hydrogen-bond donors (Lipinski definition) is 1. The molecule has 3 aromatic carbocycles. The molecule has 30 heavy (non-hydrogen) atoms. The number of ether oxygens (including phenoxy) is 2. The summed E-state index contributed by atoms with van der Waals surface area (Å²) in [6.45, 7) is 0.171. The van der Waals surface area contributed by atoms with Crippen molar-refractivity contribution in [3.8, 4) is 34.3 Å². The van der Waals surface area contributed by atoms with E-state index in [1.165, 1.54) is 12.1 Å². The van der Waals surface area contributed by atoms with Gasteiger partial charge in [0.1, 0.15) is 5.82 Å². The zero-order chi connectivity index (χ0) is 20.5. The van der Waals surface area contributed by atoms with Crippen molar-refractivity contribution in [1.82, 2.24) is 10.1 Å². The topological polar surface area (TPSA) is 86.5 Å². The van der Waals surface area contributed by atoms with Crippen molar-refractivity contribution in [2.75, 3.05) is 12.1 Å². The monoisotopic (exact) mass is 403 g/mol. The van der Waals surface area contributed by atoms with Gasteiger partial charge in [-0.2, -0.15) is 4.98 Å². The fraction of sp³-hybridized carbons (Fsp3) is 0.0455. The summed E-state index contributed by atoms with van der Waals surface area (Å²) in [5, 5.41) is 6.71. The van der Waals surface area contributed by atoms with Crippen molar-refractivity contribution in [2.45, 2.75) is 0 Å². The molecule has 0 spiro atoms. The van der Waals surface area contributed by atoms with Crippen molar-refractivity contribution in [1.29, 1.82) is 0 Å². The third-order valence-corrected chi connectivity index (χ3v) is 4.53. The number of anilines is 1. The predicted octanol–water partition coefficient (Wildman–Crippen LogP) is 4.52. The van der Waals surface area contributed by atoms with Crippen LogP contribution < -0.4 is 14.8 Å². The summed E-state index contributed by atoms with van der Waals surface area (Å²) in [7, 11) is 0. The van der Waals surface area contributed by atoms with E-state index in [1.807, 2.05) is 0 Å². The van der Waals surface area contributed by atoms with Crippen molar-refractivity contribution in [3.05, 3.63) is 78.1 Å². The SMILES string of the molecule is O=C(Nc1ccc2c(c1)OCO2)c1ccc(-c2nc(-c3cccc(F)c3)no2)cc1. The third kappa shape index (κ3) is 3.46. The molecule has 0 saturated carbocycles. The molecule has 0 atom stereocenters. The second-order valence-corrected chi connectivity index (χ2v) is 6.53. The van der Waals surface area contributed by atoms with Crippen LogP contribution in [0.4, 0.5) is 10.1 Å². The second-order valence-electron chi connectivity index (χ2n) is 6.53. The maximum atomic E-state index is 13.4. The lowest BCUT2D eigenvalue weighted by atomic mass is 10.1. The van der Waals surface area contributed by atoms with Crippen LogP contribution in [0.2, 0.25) is 0 Å². The number of fused-ring (bicyclic) bond motifs is 1. The Labute approximate surface area is 170 Å². The molecule has 1 aromatic heterocycles. The summed E-state index contributed by atoms with van der Waals surface area (Å²) in [4.78, 5) is 16.8. The Morgan fingerprint density at radius 3 is 2.60 bits per heavy atom. The number of hydrogen-bond acceptors (Lipinski definition) is 6. The fourth-order valence-electron chi connectivity index (χ4n) is 3.03. The fourth-order valence-corrected chi connectivity index (χ4v) is 3.03. The highest BCUT2D eigenvalue weighted by Crippen LogP contribution is 2.34. The number of nitrogens with zero attached hydrogens (tertiary/aromatic N) is 2. The van der Waals surface area contributed by atoms with E-state index in [9.17, 15) is 9.18 Å². The molecule has 2 heterocycles. The van der Waals surface area contributed by atoms with Gasteiger partial charge in [-0.05, 0) is 48.5 Å². The largest absolute Gasteiger partial charge is 0.454 e. The van der Waals surface area contributed by atoms with Crippen LogP contribution in [0.5, 0.6) is 11.5 Å². The zero-order valence-electron chi connectivity index (χ0n) is 15.5. The lowest BCUT2D eigenvalue weighted by Gasteiger charge is -2.06. The molecule has 5 rings (SSSR count). The Hall–Kier alpha value is -4.20. The Kier molecular flexibility index (Phi) is 4.36. The Balaban J connectivity index is 1.31. The van der Waals surface area contributed by atoms with Gasteiger partial charge in [0.25, 0.3) is 11.8 Å². The van der Waals surface area contributed by atoms with Gasteiger partial charge in [0.05, 0.1) is 0 Å². The molecule has 1 amide bonds. The first-order chi connectivity index (χ1) is 14.7. The smallest absolute Gasteiger partial charge is 0.258 e. The van der Waals surface area contributed by atoms with Crippen LogP contribution in [0.25, 0.3) is 22.8 Å². The average molecular weight is 403 g/mol. The van der Waals surface area contributed by atoms with Gasteiger partial charge in [-0.3, -0.25) is 4.79 Å². The first-order valence-corrected chi connectivity index (χ1v) is 9.07. The highest BCUT2D eigenvalue weighted by Gasteiger charge is 2.15. The molecule has 7 nitrogen and oxygen atoms in total. The van der Waals surface area contributed by atoms with Gasteiger partial charge in [0.2, 0.25) is 12.6 Å². The van der Waals surface area contributed by atoms with Crippen molar-refractivity contribution in [2.24, 2.45) is 0 Å². The average Bonchev–Trinajstić information content (AvgIpc) is 3.43. The van der Waals surface area contributed by atoms with Crippen molar-refractivity contribution < 1.29 is 23.2 Å². The summed E-state index contributed by atoms with van der Waals surface area (Å²) >= 11 is 0. The van der Waals surface area contributed by atoms with E-state index in [4.69, 9.17) is 14.0 Å². The maximum Gasteiger partial charge on any atom is 0.258 e. The summed E-state index contributed by atoms with van der Waals surface area (Å²) in [6, 6.07) is 17.9. The molecule has 0 fully saturated rings. The van der Waals surface area contributed by atoms with Crippen molar-refractivity contribution >= 4 is 11.6 Å². The van der Waals surface area contributed by atoms with Crippen LogP contribution in [0.3, 0.4) is 0 Å². The van der Waals surface area contributed by atoms with E-state index < -0.39 is 0 Å². The molecule has 148 valence electrons. The van der Waals surface area contributed by atoms with Gasteiger partial charge >= 0.3 is 0 Å². The molecular weight excluding hydrogens is 389 g/mol. The molecule has 1 N–H and O–H groups in total. The lowest BCUT2D eigenvalue weighted by Crippen LogP contribution is -2.11. The van der Waals surface area contributed by atoms with Crippen LogP contribution in [-0.2, 0) is 0 Å². The Morgan fingerprint density at radius 1 is 0.933 bits per heavy atom. The number of nitrogens with one attached hydrogen (secondary N) is 1. The molecule has 8 heteroatoms. The number of carbonyl (C=O) groups excluding carboxylic acids is 1. The molecule has 1 aliphatic heterocycles. The van der Waals surface area contributed by atoms with E-state index >= 15 is 0 Å². The number of rotatable bonds is 4. The Bertz CT molecular complexity index is 1240. The summed E-state index contributed by atoms with van der Waals surface area (Å²) in [5.74, 6) is 1.15. The molecule has 1 aliphatic rings. The maximum absolute atomic E-state index is 13.4. The summed E-state index contributed by atoms with van der Waals surface area (Å²) < 4.78 is 29.2. The number of benzene rings is 3. The van der Waals surface area contributed by atoms with Gasteiger partial charge < -0.3 is 19.3 Å². The van der Waals surface area contributed by atoms with Gasteiger partial charge in [0.15, 0.2) is 11.5 Å². The standard InChI is InChI=1S/C22H14FN3O4/c23-16-3-1-2-15(10-16)20-25-22(30-26-20)14-6-4-13(5-7-14)21(27)24-17-8-9-18-19(11-17)29-12-28-18/h1-11H,12H2,(H,24,27). The first-order valence-electron chi connectivity index (χ1n) is 9.07. The van der Waals surface area contributed by atoms with Gasteiger partial charge in [-0.15, -0.1) is 0 Å². The highest BCUT2D eigenvalue weighted by atomic mass is 19.1. The van der Waals surface area contributed by atoms with Crippen LogP contribution in [-0.4, -0.2) is 22.8 Å². The number of amides is 1. The minimum atomic E-state index is -0.378. The molecule has 4 aromatic rings. The van der Waals surface area contributed by atoms with Crippen LogP contribution >= 0.6 is 0 Å². The highest BCUT2D eigenvalue weighted by molar-refractivity contribution is 6.04. The lowest BCUT2D eigenvalue weighted by molar-refractivity contribution is 0.102. The van der Waals surface area contributed by atoms with E-state index in [2.05, 4.69) is 15.5 Å². The van der Waals surface area contributed by atoms with Gasteiger partial charge in [-0.25, -0.2) is 4.39 Å². The quantitative estimate of drug-likeness (QED) is 0.539. The Morgan fingerprint density at radius 2 is 1.77 bits per heavy atom. The van der Waals surface area contributed by atoms with Crippen LogP contribution in [0.1, 0.15) is 10.4 Å². The number of halogens is 1. The van der Waals surface area contributed by atoms with Crippen molar-refractivity contribution in [3.63, 3.8) is 0 Å². The number of aromatic nitrogens is 2. The molecule has 0 radical (unpaired) electrons. The normalized spacial score (nSPS) is 12.0. The van der Waals surface area contributed by atoms with Crippen LogP contribution in [0.15, 0.2) is 71.3 Å². The second kappa shape index (κ2) is 7.32. The first kappa shape index (κ1) is 17.9. The molecule has 0 bridgehead atoms. The third-order valence-electron chi connectivity index (χ3n) is 4.53. The molecular formula is C22H14FN3O4. The summed E-state index contributed by atoms with van der Waals surface area (Å²) in [6.07, 6.45) is 0. The van der Waals surface area contributed by atoms with E-state index in [0.29, 0.717) is 33.9 Å². The van der Waals surface area contributed by atoms with Crippen LogP contribution in [0, 0.1) is 5.82 Å². The minimum absolute atomic E-state index is 0.171. The molecule has 0 aliphatic carbocycles. The molecule has 0 unspecified atom stereocenters.